The van der Waals surface area contributed by atoms with Crippen molar-refractivity contribution in [1.29, 1.82) is 0 Å². The summed E-state index contributed by atoms with van der Waals surface area (Å²) >= 11 is 0. The van der Waals surface area contributed by atoms with E-state index >= 15 is 0 Å². The van der Waals surface area contributed by atoms with Crippen LogP contribution < -0.4 is 4.74 Å². The van der Waals surface area contributed by atoms with Crippen LogP contribution in [0.5, 0.6) is 5.88 Å². The van der Waals surface area contributed by atoms with Gasteiger partial charge in [-0.2, -0.15) is 4.98 Å². The molecule has 2 heterocycles. The quantitative estimate of drug-likeness (QED) is 0.756. The number of nitrogens with zero attached hydrogens (tertiary/aromatic N) is 3. The normalized spacial score (nSPS) is 16.7. The molecule has 0 aliphatic carbocycles. The molecule has 1 fully saturated rings. The number of Topliss-reactive ketones (excluding diaryl/α,β-unsaturated/α-hetero) is 1. The molecular weight excluding hydrogens is 318 g/mol. The van der Waals surface area contributed by atoms with E-state index in [0.717, 1.165) is 6.42 Å². The van der Waals surface area contributed by atoms with Gasteiger partial charge in [-0.1, -0.05) is 30.3 Å². The monoisotopic (exact) mass is 339 g/mol. The second-order valence-electron chi connectivity index (χ2n) is 6.10. The molecule has 2 aromatic rings. The van der Waals surface area contributed by atoms with Crippen LogP contribution in [0.2, 0.25) is 0 Å². The zero-order valence-corrected chi connectivity index (χ0v) is 14.2. The number of aryl methyl sites for hydroxylation is 1. The predicted octanol–water partition coefficient (Wildman–Crippen LogP) is 2.43. The van der Waals surface area contributed by atoms with Crippen molar-refractivity contribution in [2.24, 2.45) is 0 Å². The number of amides is 1. The third-order valence-corrected chi connectivity index (χ3v) is 4.20. The van der Waals surface area contributed by atoms with Gasteiger partial charge in [0.1, 0.15) is 11.9 Å². The maximum absolute atomic E-state index is 12.3. The molecule has 1 aliphatic rings. The Hall–Kier alpha value is -2.76. The van der Waals surface area contributed by atoms with E-state index in [2.05, 4.69) is 9.97 Å². The SMILES string of the molecule is Cc1nccc(O[C@H]2CCN(C(=O)CCC(=O)c3ccccc3)C2)n1. The largest absolute Gasteiger partial charge is 0.472 e. The van der Waals surface area contributed by atoms with Crippen LogP contribution in [0.1, 0.15) is 35.4 Å². The standard InChI is InChI=1S/C19H21N3O3/c1-14-20-11-9-18(21-14)25-16-10-12-22(13-16)19(24)8-7-17(23)15-5-3-2-4-6-15/h2-6,9,11,16H,7-8,10,12-13H2,1H3/t16-/m0/s1. The number of ether oxygens (including phenoxy) is 1. The second-order valence-corrected chi connectivity index (χ2v) is 6.10. The number of carbonyl (C=O) groups is 2. The smallest absolute Gasteiger partial charge is 0.223 e. The molecule has 0 spiro atoms. The van der Waals surface area contributed by atoms with Gasteiger partial charge in [0.05, 0.1) is 6.54 Å². The molecule has 1 aromatic carbocycles. The van der Waals surface area contributed by atoms with Crippen molar-refractivity contribution in [3.05, 3.63) is 54.0 Å². The lowest BCUT2D eigenvalue weighted by molar-refractivity contribution is -0.130. The average molecular weight is 339 g/mol. The lowest BCUT2D eigenvalue weighted by Crippen LogP contribution is -2.31. The summed E-state index contributed by atoms with van der Waals surface area (Å²) in [4.78, 5) is 34.4. The summed E-state index contributed by atoms with van der Waals surface area (Å²) in [6.45, 7) is 2.98. The maximum atomic E-state index is 12.3. The minimum Gasteiger partial charge on any atom is -0.472 e. The molecule has 1 aromatic heterocycles. The molecule has 0 radical (unpaired) electrons. The van der Waals surface area contributed by atoms with Gasteiger partial charge in [0.25, 0.3) is 0 Å². The van der Waals surface area contributed by atoms with Gasteiger partial charge in [-0.3, -0.25) is 9.59 Å². The Labute approximate surface area is 146 Å². The van der Waals surface area contributed by atoms with E-state index in [0.29, 0.717) is 30.4 Å². The Morgan fingerprint density at radius 1 is 1.20 bits per heavy atom. The van der Waals surface area contributed by atoms with Crippen LogP contribution in [-0.4, -0.2) is 45.8 Å². The number of ketones is 1. The molecule has 1 aliphatic heterocycles. The molecule has 1 saturated heterocycles. The van der Waals surface area contributed by atoms with Gasteiger partial charge in [0, 0.05) is 43.6 Å². The summed E-state index contributed by atoms with van der Waals surface area (Å²) in [5.41, 5.74) is 0.650. The van der Waals surface area contributed by atoms with Crippen molar-refractivity contribution >= 4 is 11.7 Å². The third kappa shape index (κ3) is 4.62. The number of aromatic nitrogens is 2. The first-order valence-corrected chi connectivity index (χ1v) is 8.44. The average Bonchev–Trinajstić information content (AvgIpc) is 3.08. The highest BCUT2D eigenvalue weighted by Crippen LogP contribution is 2.18. The summed E-state index contributed by atoms with van der Waals surface area (Å²) in [5.74, 6) is 1.18. The van der Waals surface area contributed by atoms with Crippen LogP contribution in [0.15, 0.2) is 42.6 Å². The summed E-state index contributed by atoms with van der Waals surface area (Å²) in [5, 5.41) is 0. The molecule has 6 nitrogen and oxygen atoms in total. The van der Waals surface area contributed by atoms with Crippen LogP contribution in [0.4, 0.5) is 0 Å². The van der Waals surface area contributed by atoms with Crippen molar-refractivity contribution in [3.63, 3.8) is 0 Å². The fraction of sp³-hybridized carbons (Fsp3) is 0.368. The molecule has 0 saturated carbocycles. The first kappa shape index (κ1) is 17.1. The van der Waals surface area contributed by atoms with Gasteiger partial charge < -0.3 is 9.64 Å². The molecule has 3 rings (SSSR count). The zero-order chi connectivity index (χ0) is 17.6. The number of rotatable bonds is 6. The van der Waals surface area contributed by atoms with Crippen molar-refractivity contribution in [3.8, 4) is 5.88 Å². The van der Waals surface area contributed by atoms with Crippen LogP contribution in [-0.2, 0) is 4.79 Å². The van der Waals surface area contributed by atoms with Crippen molar-refractivity contribution < 1.29 is 14.3 Å². The van der Waals surface area contributed by atoms with Crippen LogP contribution in [0.3, 0.4) is 0 Å². The number of carbonyl (C=O) groups excluding carboxylic acids is 2. The number of benzene rings is 1. The third-order valence-electron chi connectivity index (χ3n) is 4.20. The highest BCUT2D eigenvalue weighted by Gasteiger charge is 2.28. The van der Waals surface area contributed by atoms with Gasteiger partial charge in [-0.15, -0.1) is 0 Å². The van der Waals surface area contributed by atoms with Gasteiger partial charge in [0.15, 0.2) is 5.78 Å². The second kappa shape index (κ2) is 7.88. The van der Waals surface area contributed by atoms with Crippen LogP contribution >= 0.6 is 0 Å². The molecule has 1 atom stereocenters. The molecule has 6 heteroatoms. The molecule has 0 N–H and O–H groups in total. The predicted molar refractivity (Wildman–Crippen MR) is 92.4 cm³/mol. The fourth-order valence-electron chi connectivity index (χ4n) is 2.87. The first-order chi connectivity index (χ1) is 12.1. The van der Waals surface area contributed by atoms with E-state index in [1.165, 1.54) is 0 Å². The van der Waals surface area contributed by atoms with Crippen LogP contribution in [0, 0.1) is 6.92 Å². The van der Waals surface area contributed by atoms with Gasteiger partial charge in [0.2, 0.25) is 11.8 Å². The lowest BCUT2D eigenvalue weighted by atomic mass is 10.1. The zero-order valence-electron chi connectivity index (χ0n) is 14.2. The maximum Gasteiger partial charge on any atom is 0.223 e. The number of hydrogen-bond acceptors (Lipinski definition) is 5. The summed E-state index contributed by atoms with van der Waals surface area (Å²) in [6, 6.07) is 10.8. The molecule has 1 amide bonds. The van der Waals surface area contributed by atoms with E-state index in [1.807, 2.05) is 18.2 Å². The highest BCUT2D eigenvalue weighted by molar-refractivity contribution is 5.97. The lowest BCUT2D eigenvalue weighted by Gasteiger charge is -2.17. The Kier molecular flexibility index (Phi) is 5.38. The van der Waals surface area contributed by atoms with Crippen LogP contribution in [0.25, 0.3) is 0 Å². The van der Waals surface area contributed by atoms with Crippen molar-refractivity contribution in [1.82, 2.24) is 14.9 Å². The summed E-state index contributed by atoms with van der Waals surface area (Å²) < 4.78 is 5.82. The molecular formula is C19H21N3O3. The molecule has 25 heavy (non-hydrogen) atoms. The van der Waals surface area contributed by atoms with E-state index < -0.39 is 0 Å². The molecule has 0 bridgehead atoms. The van der Waals surface area contributed by atoms with Gasteiger partial charge in [-0.25, -0.2) is 4.98 Å². The minimum absolute atomic E-state index is 0.00240. The summed E-state index contributed by atoms with van der Waals surface area (Å²) in [7, 11) is 0. The van der Waals surface area contributed by atoms with Gasteiger partial charge >= 0.3 is 0 Å². The Morgan fingerprint density at radius 3 is 2.76 bits per heavy atom. The topological polar surface area (TPSA) is 72.4 Å². The summed E-state index contributed by atoms with van der Waals surface area (Å²) in [6.07, 6.45) is 2.82. The van der Waals surface area contributed by atoms with Gasteiger partial charge in [-0.05, 0) is 6.92 Å². The van der Waals surface area contributed by atoms with E-state index in [1.54, 1.807) is 36.2 Å². The van der Waals surface area contributed by atoms with Crippen molar-refractivity contribution in [2.75, 3.05) is 13.1 Å². The highest BCUT2D eigenvalue weighted by atomic mass is 16.5. The van der Waals surface area contributed by atoms with E-state index in [9.17, 15) is 9.59 Å². The number of likely N-dealkylation sites (tertiary alicyclic amines) is 1. The fourth-order valence-corrected chi connectivity index (χ4v) is 2.87. The minimum atomic E-state index is -0.0666. The Morgan fingerprint density at radius 2 is 2.00 bits per heavy atom. The Balaban J connectivity index is 1.47. The molecule has 0 unspecified atom stereocenters. The van der Waals surface area contributed by atoms with E-state index in [-0.39, 0.29) is 30.6 Å². The van der Waals surface area contributed by atoms with Crippen molar-refractivity contribution in [2.45, 2.75) is 32.3 Å². The number of hydrogen-bond donors (Lipinski definition) is 0. The first-order valence-electron chi connectivity index (χ1n) is 8.44. The molecule has 130 valence electrons. The van der Waals surface area contributed by atoms with E-state index in [4.69, 9.17) is 4.74 Å². The Bertz CT molecular complexity index is 749.